The molecule has 0 heterocycles. The van der Waals surface area contributed by atoms with Crippen LogP contribution in [0.2, 0.25) is 0 Å². The largest absolute Gasteiger partial charge is 0.494 e. The molecule has 0 radical (unpaired) electrons. The van der Waals surface area contributed by atoms with Crippen molar-refractivity contribution >= 4 is 11.6 Å². The molecule has 0 aliphatic carbocycles. The fraction of sp³-hybridized carbons (Fsp3) is 0.500. The molecule has 5 nitrogen and oxygen atoms in total. The van der Waals surface area contributed by atoms with Crippen molar-refractivity contribution in [3.8, 4) is 5.75 Å². The lowest BCUT2D eigenvalue weighted by Crippen LogP contribution is -2.20. The summed E-state index contributed by atoms with van der Waals surface area (Å²) in [6, 6.07) is 5.27. The lowest BCUT2D eigenvalue weighted by molar-refractivity contribution is -0.116. The molecule has 0 saturated carbocycles. The Morgan fingerprint density at radius 3 is 2.74 bits per heavy atom. The number of hydrogen-bond donors (Lipinski definition) is 2. The first-order valence-electron chi connectivity index (χ1n) is 6.38. The number of rotatable bonds is 7. The van der Waals surface area contributed by atoms with Crippen molar-refractivity contribution in [2.24, 2.45) is 0 Å². The van der Waals surface area contributed by atoms with Crippen molar-refractivity contribution in [1.82, 2.24) is 4.90 Å². The van der Waals surface area contributed by atoms with E-state index in [1.54, 1.807) is 18.2 Å². The maximum absolute atomic E-state index is 11.7. The summed E-state index contributed by atoms with van der Waals surface area (Å²) in [4.78, 5) is 13.7. The van der Waals surface area contributed by atoms with Gasteiger partial charge in [-0.1, -0.05) is 0 Å². The van der Waals surface area contributed by atoms with E-state index in [4.69, 9.17) is 4.74 Å². The van der Waals surface area contributed by atoms with Crippen molar-refractivity contribution in [2.75, 3.05) is 32.6 Å². The molecule has 0 aliphatic heterocycles. The molecule has 0 spiro atoms. The Morgan fingerprint density at radius 2 is 2.16 bits per heavy atom. The Labute approximate surface area is 114 Å². The highest BCUT2D eigenvalue weighted by molar-refractivity contribution is 5.91. The number of ether oxygens (including phenoxy) is 1. The predicted octanol–water partition coefficient (Wildman–Crippen LogP) is 1.47. The van der Waals surface area contributed by atoms with Gasteiger partial charge in [-0.15, -0.1) is 0 Å². The molecule has 106 valence electrons. The zero-order valence-corrected chi connectivity index (χ0v) is 11.8. The van der Waals surface area contributed by atoms with Gasteiger partial charge in [0.1, 0.15) is 5.75 Å². The van der Waals surface area contributed by atoms with Crippen LogP contribution in [0.4, 0.5) is 5.69 Å². The maximum Gasteiger partial charge on any atom is 0.225 e. The summed E-state index contributed by atoms with van der Waals surface area (Å²) < 4.78 is 5.39. The first-order chi connectivity index (χ1) is 9.06. The highest BCUT2D eigenvalue weighted by atomic mass is 16.5. The molecule has 0 fully saturated rings. The second-order valence-corrected chi connectivity index (χ2v) is 4.52. The minimum Gasteiger partial charge on any atom is -0.494 e. The van der Waals surface area contributed by atoms with Gasteiger partial charge in [0.25, 0.3) is 0 Å². The molecule has 1 rings (SSSR count). The number of carbonyl (C=O) groups is 1. The van der Waals surface area contributed by atoms with Crippen LogP contribution in [-0.4, -0.2) is 43.2 Å². The van der Waals surface area contributed by atoms with Gasteiger partial charge in [-0.3, -0.25) is 4.79 Å². The fourth-order valence-corrected chi connectivity index (χ4v) is 1.63. The monoisotopic (exact) mass is 266 g/mol. The number of amides is 1. The lowest BCUT2D eigenvalue weighted by atomic mass is 10.2. The minimum atomic E-state index is -0.114. The van der Waals surface area contributed by atoms with E-state index in [1.165, 1.54) is 0 Å². The molecular weight excluding hydrogens is 244 g/mol. The summed E-state index contributed by atoms with van der Waals surface area (Å²) in [7, 11) is 3.85. The van der Waals surface area contributed by atoms with Crippen molar-refractivity contribution in [1.29, 1.82) is 0 Å². The van der Waals surface area contributed by atoms with E-state index in [1.807, 2.05) is 25.9 Å². The molecule has 0 aliphatic rings. The molecule has 19 heavy (non-hydrogen) atoms. The first kappa shape index (κ1) is 15.5. The number of nitrogens with zero attached hydrogens (tertiary/aromatic N) is 1. The van der Waals surface area contributed by atoms with Gasteiger partial charge in [-0.05, 0) is 39.2 Å². The van der Waals surface area contributed by atoms with Gasteiger partial charge in [0.15, 0.2) is 0 Å². The van der Waals surface area contributed by atoms with Crippen LogP contribution in [0.5, 0.6) is 5.75 Å². The highest BCUT2D eigenvalue weighted by Gasteiger charge is 2.07. The van der Waals surface area contributed by atoms with Crippen LogP contribution < -0.4 is 10.1 Å². The number of benzene rings is 1. The first-order valence-corrected chi connectivity index (χ1v) is 6.38. The molecule has 1 amide bonds. The molecule has 5 heteroatoms. The summed E-state index contributed by atoms with van der Waals surface area (Å²) in [6.45, 7) is 3.02. The summed E-state index contributed by atoms with van der Waals surface area (Å²) in [5.74, 6) is 0.609. The second kappa shape index (κ2) is 7.76. The highest BCUT2D eigenvalue weighted by Crippen LogP contribution is 2.23. The Bertz CT molecular complexity index is 419. The average molecular weight is 266 g/mol. The van der Waals surface area contributed by atoms with Crippen molar-refractivity contribution in [3.63, 3.8) is 0 Å². The molecule has 1 aromatic rings. The summed E-state index contributed by atoms with van der Waals surface area (Å²) in [6.07, 6.45) is 0.439. The van der Waals surface area contributed by atoms with Gasteiger partial charge >= 0.3 is 0 Å². The summed E-state index contributed by atoms with van der Waals surface area (Å²) >= 11 is 0. The Balaban J connectivity index is 2.66. The standard InChI is InChI=1S/C14H22N2O3/c1-4-19-13-6-5-12(9-11(13)10-17)15-14(18)7-8-16(2)3/h5-6,9,17H,4,7-8,10H2,1-3H3,(H,15,18). The van der Waals surface area contributed by atoms with E-state index in [9.17, 15) is 9.90 Å². The third-order valence-corrected chi connectivity index (χ3v) is 2.60. The normalized spacial score (nSPS) is 10.6. The van der Waals surface area contributed by atoms with Gasteiger partial charge in [0.2, 0.25) is 5.91 Å². The zero-order valence-electron chi connectivity index (χ0n) is 11.8. The van der Waals surface area contributed by atoms with Crippen LogP contribution in [0.25, 0.3) is 0 Å². The smallest absolute Gasteiger partial charge is 0.225 e. The zero-order chi connectivity index (χ0) is 14.3. The predicted molar refractivity (Wildman–Crippen MR) is 75.3 cm³/mol. The molecule has 2 N–H and O–H groups in total. The van der Waals surface area contributed by atoms with Gasteiger partial charge in [-0.25, -0.2) is 0 Å². The van der Waals surface area contributed by atoms with Crippen LogP contribution in [0.3, 0.4) is 0 Å². The number of carbonyl (C=O) groups excluding carboxylic acids is 1. The molecule has 0 unspecified atom stereocenters. The average Bonchev–Trinajstić information content (AvgIpc) is 2.38. The topological polar surface area (TPSA) is 61.8 Å². The molecule has 1 aromatic carbocycles. The minimum absolute atomic E-state index is 0.0400. The van der Waals surface area contributed by atoms with Crippen molar-refractivity contribution < 1.29 is 14.6 Å². The second-order valence-electron chi connectivity index (χ2n) is 4.52. The SMILES string of the molecule is CCOc1ccc(NC(=O)CCN(C)C)cc1CO. The van der Waals surface area contributed by atoms with Crippen LogP contribution in [-0.2, 0) is 11.4 Å². The van der Waals surface area contributed by atoms with E-state index in [-0.39, 0.29) is 12.5 Å². The van der Waals surface area contributed by atoms with E-state index in [0.717, 1.165) is 0 Å². The quantitative estimate of drug-likeness (QED) is 0.784. The summed E-state index contributed by atoms with van der Waals surface area (Å²) in [5.41, 5.74) is 1.35. The van der Waals surface area contributed by atoms with Gasteiger partial charge in [-0.2, -0.15) is 0 Å². The third kappa shape index (κ3) is 5.28. The van der Waals surface area contributed by atoms with Gasteiger partial charge < -0.3 is 20.1 Å². The number of hydrogen-bond acceptors (Lipinski definition) is 4. The molecule has 0 atom stereocenters. The third-order valence-electron chi connectivity index (χ3n) is 2.60. The molecule has 0 aromatic heterocycles. The summed E-state index contributed by atoms with van der Waals surface area (Å²) in [5, 5.41) is 12.1. The number of aliphatic hydroxyl groups excluding tert-OH is 1. The van der Waals surface area contributed by atoms with E-state index < -0.39 is 0 Å². The number of aliphatic hydroxyl groups is 1. The van der Waals surface area contributed by atoms with Crippen LogP contribution >= 0.6 is 0 Å². The van der Waals surface area contributed by atoms with Crippen molar-refractivity contribution in [2.45, 2.75) is 20.0 Å². The lowest BCUT2D eigenvalue weighted by Gasteiger charge is -2.12. The Hall–Kier alpha value is -1.59. The van der Waals surface area contributed by atoms with Crippen LogP contribution in [0.15, 0.2) is 18.2 Å². The van der Waals surface area contributed by atoms with Crippen LogP contribution in [0.1, 0.15) is 18.9 Å². The molecule has 0 saturated heterocycles. The number of anilines is 1. The van der Waals surface area contributed by atoms with Crippen molar-refractivity contribution in [3.05, 3.63) is 23.8 Å². The van der Waals surface area contributed by atoms with Gasteiger partial charge in [0, 0.05) is 24.2 Å². The maximum atomic E-state index is 11.7. The molecular formula is C14H22N2O3. The fourth-order valence-electron chi connectivity index (χ4n) is 1.63. The van der Waals surface area contributed by atoms with E-state index >= 15 is 0 Å². The Kier molecular flexibility index (Phi) is 6.32. The van der Waals surface area contributed by atoms with Crippen LogP contribution in [0, 0.1) is 0 Å². The Morgan fingerprint density at radius 1 is 1.42 bits per heavy atom. The van der Waals surface area contributed by atoms with Gasteiger partial charge in [0.05, 0.1) is 13.2 Å². The van der Waals surface area contributed by atoms with E-state index in [2.05, 4.69) is 5.32 Å². The van der Waals surface area contributed by atoms with E-state index in [0.29, 0.717) is 36.6 Å². The molecule has 0 bridgehead atoms. The number of nitrogens with one attached hydrogen (secondary N) is 1.